The molecule has 0 saturated carbocycles. The van der Waals surface area contributed by atoms with Gasteiger partial charge in [0, 0.05) is 6.04 Å². The summed E-state index contributed by atoms with van der Waals surface area (Å²) in [6.07, 6.45) is 1.30. The third-order valence-electron chi connectivity index (χ3n) is 1.81. The smallest absolute Gasteiger partial charge is 0.152 e. The highest BCUT2D eigenvalue weighted by Gasteiger charge is 2.29. The SMILES string of the molecule is CC1CC(C)(C)OC(C)N1.O=NO. The lowest BCUT2D eigenvalue weighted by Gasteiger charge is -2.38. The fraction of sp³-hybridized carbons (Fsp3) is 1.00. The summed E-state index contributed by atoms with van der Waals surface area (Å²) in [7, 11) is 0. The molecule has 2 N–H and O–H groups in total. The summed E-state index contributed by atoms with van der Waals surface area (Å²) in [5, 5.41) is 11.2. The molecule has 0 aliphatic carbocycles. The zero-order valence-corrected chi connectivity index (χ0v) is 8.57. The Morgan fingerprint density at radius 3 is 2.31 bits per heavy atom. The molecule has 78 valence electrons. The first-order chi connectivity index (χ1) is 5.91. The topological polar surface area (TPSA) is 70.9 Å². The van der Waals surface area contributed by atoms with Crippen molar-refractivity contribution in [3.63, 3.8) is 0 Å². The first-order valence-corrected chi connectivity index (χ1v) is 4.32. The summed E-state index contributed by atoms with van der Waals surface area (Å²) < 4.78 is 5.63. The lowest BCUT2D eigenvalue weighted by atomic mass is 9.98. The van der Waals surface area contributed by atoms with Gasteiger partial charge >= 0.3 is 0 Å². The number of hydrogen-bond acceptors (Lipinski definition) is 4. The third kappa shape index (κ3) is 5.54. The largest absolute Gasteiger partial charge is 0.379 e. The zero-order chi connectivity index (χ0) is 10.5. The number of rotatable bonds is 0. The van der Waals surface area contributed by atoms with Crippen LogP contribution in [0, 0.1) is 4.91 Å². The first-order valence-electron chi connectivity index (χ1n) is 4.32. The van der Waals surface area contributed by atoms with Crippen molar-refractivity contribution in [2.75, 3.05) is 0 Å². The Balaban J connectivity index is 0.000000424. The van der Waals surface area contributed by atoms with Crippen LogP contribution < -0.4 is 5.32 Å². The van der Waals surface area contributed by atoms with Gasteiger partial charge in [0.05, 0.1) is 5.60 Å². The van der Waals surface area contributed by atoms with Crippen molar-refractivity contribution < 1.29 is 9.94 Å². The molecule has 1 rings (SSSR count). The molecule has 1 heterocycles. The van der Waals surface area contributed by atoms with Gasteiger partial charge in [-0.25, -0.2) is 0 Å². The van der Waals surface area contributed by atoms with Crippen LogP contribution in [0.5, 0.6) is 0 Å². The number of nitrogens with zero attached hydrogens (tertiary/aromatic N) is 1. The van der Waals surface area contributed by atoms with Crippen LogP contribution >= 0.6 is 0 Å². The van der Waals surface area contributed by atoms with Crippen molar-refractivity contribution in [2.24, 2.45) is 5.34 Å². The number of hydrogen-bond donors (Lipinski definition) is 2. The minimum absolute atomic E-state index is 0.0596. The van der Waals surface area contributed by atoms with Gasteiger partial charge in [-0.2, -0.15) is 0 Å². The van der Waals surface area contributed by atoms with Gasteiger partial charge in [0.2, 0.25) is 0 Å². The molecule has 0 spiro atoms. The molecule has 5 nitrogen and oxygen atoms in total. The molecule has 13 heavy (non-hydrogen) atoms. The Labute approximate surface area is 78.4 Å². The highest BCUT2D eigenvalue weighted by Crippen LogP contribution is 2.22. The van der Waals surface area contributed by atoms with Crippen molar-refractivity contribution in [1.82, 2.24) is 5.32 Å². The van der Waals surface area contributed by atoms with E-state index in [0.29, 0.717) is 6.04 Å². The summed E-state index contributed by atoms with van der Waals surface area (Å²) in [5.41, 5.74) is 0.0596. The third-order valence-corrected chi connectivity index (χ3v) is 1.81. The van der Waals surface area contributed by atoms with Gasteiger partial charge in [-0.15, -0.1) is 4.91 Å². The van der Waals surface area contributed by atoms with Gasteiger partial charge in [0.1, 0.15) is 6.23 Å². The molecule has 1 aliphatic rings. The van der Waals surface area contributed by atoms with E-state index < -0.39 is 0 Å². The Kier molecular flexibility index (Phi) is 4.87. The van der Waals surface area contributed by atoms with Crippen molar-refractivity contribution in [2.45, 2.75) is 52.0 Å². The maximum atomic E-state index is 8.11. The molecule has 1 aliphatic heterocycles. The van der Waals surface area contributed by atoms with Gasteiger partial charge in [0.25, 0.3) is 0 Å². The van der Waals surface area contributed by atoms with E-state index in [2.05, 4.69) is 33.0 Å². The second-order valence-corrected chi connectivity index (χ2v) is 3.87. The molecule has 0 aromatic carbocycles. The Bertz CT molecular complexity index is 149. The number of ether oxygens (including phenoxy) is 1. The van der Waals surface area contributed by atoms with E-state index in [4.69, 9.17) is 14.9 Å². The van der Waals surface area contributed by atoms with Crippen LogP contribution in [0.4, 0.5) is 0 Å². The van der Waals surface area contributed by atoms with E-state index in [0.717, 1.165) is 6.42 Å². The van der Waals surface area contributed by atoms with Crippen molar-refractivity contribution in [1.29, 1.82) is 0 Å². The van der Waals surface area contributed by atoms with Crippen LogP contribution in [0.15, 0.2) is 5.34 Å². The van der Waals surface area contributed by atoms with E-state index in [-0.39, 0.29) is 11.8 Å². The fourth-order valence-corrected chi connectivity index (χ4v) is 1.76. The average Bonchev–Trinajstić information content (AvgIpc) is 1.81. The molecule has 1 fully saturated rings. The summed E-state index contributed by atoms with van der Waals surface area (Å²) in [6, 6.07) is 0.582. The zero-order valence-electron chi connectivity index (χ0n) is 8.57. The normalized spacial score (nSPS) is 31.4. The van der Waals surface area contributed by atoms with Crippen LogP contribution in [0.25, 0.3) is 0 Å². The Morgan fingerprint density at radius 1 is 1.54 bits per heavy atom. The van der Waals surface area contributed by atoms with Crippen molar-refractivity contribution in [3.05, 3.63) is 4.91 Å². The summed E-state index contributed by atoms with van der Waals surface area (Å²) in [5.74, 6) is 0. The quantitative estimate of drug-likeness (QED) is 0.450. The van der Waals surface area contributed by atoms with Gasteiger partial charge < -0.3 is 9.94 Å². The van der Waals surface area contributed by atoms with Crippen LogP contribution in [0.2, 0.25) is 0 Å². The lowest BCUT2D eigenvalue weighted by Crippen LogP contribution is -2.50. The highest BCUT2D eigenvalue weighted by molar-refractivity contribution is 4.81. The molecular formula is C8H18N2O3. The Morgan fingerprint density at radius 2 is 2.00 bits per heavy atom. The molecule has 2 atom stereocenters. The first kappa shape index (κ1) is 12.3. The molecule has 0 bridgehead atoms. The summed E-state index contributed by atoms with van der Waals surface area (Å²) in [6.45, 7) is 8.53. The minimum Gasteiger partial charge on any atom is -0.379 e. The number of nitrogens with one attached hydrogen (secondary N) is 1. The Hall–Kier alpha value is -0.680. The van der Waals surface area contributed by atoms with Gasteiger partial charge in [-0.1, -0.05) is 0 Å². The summed E-state index contributed by atoms with van der Waals surface area (Å²) in [4.78, 5) is 8.11. The summed E-state index contributed by atoms with van der Waals surface area (Å²) >= 11 is 0. The van der Waals surface area contributed by atoms with Crippen LogP contribution in [0.1, 0.15) is 34.1 Å². The van der Waals surface area contributed by atoms with E-state index in [1.807, 2.05) is 0 Å². The van der Waals surface area contributed by atoms with Gasteiger partial charge in [-0.3, -0.25) is 5.32 Å². The van der Waals surface area contributed by atoms with Crippen molar-refractivity contribution in [3.8, 4) is 0 Å². The van der Waals surface area contributed by atoms with E-state index in [1.165, 1.54) is 5.34 Å². The maximum absolute atomic E-state index is 8.11. The predicted octanol–water partition coefficient (Wildman–Crippen LogP) is 1.65. The average molecular weight is 190 g/mol. The molecular weight excluding hydrogens is 172 g/mol. The molecule has 0 aromatic rings. The minimum atomic E-state index is 0.0596. The molecule has 0 aromatic heterocycles. The second kappa shape index (κ2) is 5.14. The second-order valence-electron chi connectivity index (χ2n) is 3.87. The van der Waals surface area contributed by atoms with Gasteiger partial charge in [-0.05, 0) is 34.1 Å². The molecule has 0 radical (unpaired) electrons. The van der Waals surface area contributed by atoms with Crippen LogP contribution in [0.3, 0.4) is 0 Å². The van der Waals surface area contributed by atoms with E-state index in [1.54, 1.807) is 0 Å². The standard InChI is InChI=1S/C8H17NO.HNO2/c1-6-5-8(3,4)10-7(2)9-6;2-1-3/h6-7,9H,5H2,1-4H3;(H,2,3). The van der Waals surface area contributed by atoms with E-state index >= 15 is 0 Å². The predicted molar refractivity (Wildman–Crippen MR) is 49.4 cm³/mol. The van der Waals surface area contributed by atoms with E-state index in [9.17, 15) is 0 Å². The van der Waals surface area contributed by atoms with Crippen molar-refractivity contribution >= 4 is 0 Å². The molecule has 0 amide bonds. The molecule has 1 saturated heterocycles. The van der Waals surface area contributed by atoms with Crippen LogP contribution in [-0.4, -0.2) is 23.1 Å². The monoisotopic (exact) mass is 190 g/mol. The fourth-order valence-electron chi connectivity index (χ4n) is 1.76. The molecule has 2 unspecified atom stereocenters. The molecule has 5 heteroatoms. The van der Waals surface area contributed by atoms with Crippen LogP contribution in [-0.2, 0) is 4.74 Å². The maximum Gasteiger partial charge on any atom is 0.152 e. The highest BCUT2D eigenvalue weighted by atomic mass is 16.6. The lowest BCUT2D eigenvalue weighted by molar-refractivity contribution is -0.120. The van der Waals surface area contributed by atoms with Gasteiger partial charge in [0.15, 0.2) is 5.34 Å².